The summed E-state index contributed by atoms with van der Waals surface area (Å²) in [6.07, 6.45) is 11.3. The fraction of sp³-hybridized carbons (Fsp3) is 0.138. The first-order chi connectivity index (χ1) is 17.7. The third-order valence-corrected chi connectivity index (χ3v) is 8.03. The van der Waals surface area contributed by atoms with Crippen LogP contribution in [0.2, 0.25) is 0 Å². The molecule has 36 heavy (non-hydrogen) atoms. The minimum atomic E-state index is 0.574. The molecule has 3 N–H and O–H groups in total. The van der Waals surface area contributed by atoms with Crippen LogP contribution in [0.25, 0.3) is 54.8 Å². The summed E-state index contributed by atoms with van der Waals surface area (Å²) in [7, 11) is 0. The molecular formula is C29H24N6S. The average molecular weight is 489 g/mol. The number of aromatic amines is 2. The highest BCUT2D eigenvalue weighted by molar-refractivity contribution is 7.13. The molecule has 176 valence electrons. The monoisotopic (exact) mass is 488 g/mol. The average Bonchev–Trinajstić information content (AvgIpc) is 3.61. The molecule has 0 atom stereocenters. The minimum absolute atomic E-state index is 0.574. The van der Waals surface area contributed by atoms with Gasteiger partial charge in [-0.15, -0.1) is 11.3 Å². The Bertz CT molecular complexity index is 1720. The van der Waals surface area contributed by atoms with E-state index in [1.807, 2.05) is 24.8 Å². The molecule has 1 saturated carbocycles. The smallest absolute Gasteiger partial charge is 0.116 e. The van der Waals surface area contributed by atoms with Crippen LogP contribution in [0.15, 0.2) is 84.9 Å². The first-order valence-corrected chi connectivity index (χ1v) is 13.0. The lowest BCUT2D eigenvalue weighted by Crippen LogP contribution is -2.18. The van der Waals surface area contributed by atoms with Gasteiger partial charge in [-0.3, -0.25) is 15.1 Å². The second-order valence-electron chi connectivity index (χ2n) is 9.38. The van der Waals surface area contributed by atoms with Crippen LogP contribution < -0.4 is 5.32 Å². The zero-order valence-corrected chi connectivity index (χ0v) is 20.4. The Hall–Kier alpha value is -4.23. The number of thiophene rings is 1. The zero-order chi connectivity index (χ0) is 24.1. The second-order valence-corrected chi connectivity index (χ2v) is 10.3. The van der Waals surface area contributed by atoms with Gasteiger partial charge in [0, 0.05) is 44.9 Å². The molecule has 1 fully saturated rings. The van der Waals surface area contributed by atoms with Gasteiger partial charge in [0.1, 0.15) is 5.69 Å². The van der Waals surface area contributed by atoms with Crippen LogP contribution in [-0.4, -0.2) is 25.1 Å². The molecule has 7 rings (SSSR count). The van der Waals surface area contributed by atoms with Gasteiger partial charge in [-0.25, -0.2) is 0 Å². The first-order valence-electron chi connectivity index (χ1n) is 12.1. The van der Waals surface area contributed by atoms with Crippen LogP contribution in [-0.2, 0) is 0 Å². The number of anilines is 1. The molecule has 0 aliphatic heterocycles. The molecule has 0 unspecified atom stereocenters. The van der Waals surface area contributed by atoms with Crippen molar-refractivity contribution in [3.05, 3.63) is 84.9 Å². The van der Waals surface area contributed by atoms with E-state index in [0.29, 0.717) is 5.92 Å². The lowest BCUT2D eigenvalue weighted by Gasteiger charge is -2.28. The Balaban J connectivity index is 1.26. The lowest BCUT2D eigenvalue weighted by atomic mass is 9.83. The third kappa shape index (κ3) is 3.60. The highest BCUT2D eigenvalue weighted by Gasteiger charge is 2.20. The quantitative estimate of drug-likeness (QED) is 0.225. The van der Waals surface area contributed by atoms with Crippen molar-refractivity contribution in [1.82, 2.24) is 25.1 Å². The van der Waals surface area contributed by atoms with E-state index in [2.05, 4.69) is 84.9 Å². The largest absolute Gasteiger partial charge is 0.358 e. The summed E-state index contributed by atoms with van der Waals surface area (Å²) in [5.74, 6) is 0.574. The van der Waals surface area contributed by atoms with Crippen molar-refractivity contribution < 1.29 is 0 Å². The Kier molecular flexibility index (Phi) is 4.96. The molecule has 5 heterocycles. The normalized spacial score (nSPS) is 13.8. The molecule has 0 bridgehead atoms. The van der Waals surface area contributed by atoms with Gasteiger partial charge in [0.05, 0.1) is 34.8 Å². The van der Waals surface area contributed by atoms with Crippen LogP contribution in [0.3, 0.4) is 0 Å². The standard InChI is InChI=1S/C29H24N6S/c1-17(18-4-2-5-18)32-21-10-20(13-30-14-21)19-7-8-25-23(11-19)29(35-34-25)26-12-22-24(28-6-3-9-36-28)15-31-16-27(22)33-26/h3,6-16,18,32-33H,1-2,4-5H2,(H,34,35). The molecule has 0 spiro atoms. The molecular weight excluding hydrogens is 464 g/mol. The molecule has 6 nitrogen and oxygen atoms in total. The summed E-state index contributed by atoms with van der Waals surface area (Å²) in [5.41, 5.74) is 9.17. The van der Waals surface area contributed by atoms with Gasteiger partial charge in [0.25, 0.3) is 0 Å². The summed E-state index contributed by atoms with van der Waals surface area (Å²) in [6, 6.07) is 14.9. The van der Waals surface area contributed by atoms with Crippen LogP contribution in [0.5, 0.6) is 0 Å². The number of nitrogens with one attached hydrogen (secondary N) is 3. The number of H-pyrrole nitrogens is 2. The summed E-state index contributed by atoms with van der Waals surface area (Å²) in [4.78, 5) is 13.7. The molecule has 5 aromatic heterocycles. The predicted molar refractivity (Wildman–Crippen MR) is 148 cm³/mol. The zero-order valence-electron chi connectivity index (χ0n) is 19.6. The second kappa shape index (κ2) is 8.46. The van der Waals surface area contributed by atoms with E-state index in [-0.39, 0.29) is 0 Å². The summed E-state index contributed by atoms with van der Waals surface area (Å²) in [6.45, 7) is 4.24. The third-order valence-electron chi connectivity index (χ3n) is 7.12. The van der Waals surface area contributed by atoms with Gasteiger partial charge in [0.15, 0.2) is 0 Å². The van der Waals surface area contributed by atoms with Gasteiger partial charge in [-0.05, 0) is 60.0 Å². The van der Waals surface area contributed by atoms with E-state index in [4.69, 9.17) is 0 Å². The molecule has 1 aromatic carbocycles. The first kappa shape index (κ1) is 21.1. The highest BCUT2D eigenvalue weighted by Crippen LogP contribution is 2.37. The van der Waals surface area contributed by atoms with Gasteiger partial charge < -0.3 is 10.3 Å². The Morgan fingerprint density at radius 3 is 2.69 bits per heavy atom. The van der Waals surface area contributed by atoms with Crippen LogP contribution in [0, 0.1) is 5.92 Å². The maximum Gasteiger partial charge on any atom is 0.116 e. The van der Waals surface area contributed by atoms with Gasteiger partial charge in [0.2, 0.25) is 0 Å². The van der Waals surface area contributed by atoms with Crippen LogP contribution >= 0.6 is 11.3 Å². The van der Waals surface area contributed by atoms with E-state index >= 15 is 0 Å². The van der Waals surface area contributed by atoms with E-state index in [1.165, 1.54) is 24.1 Å². The Morgan fingerprint density at radius 1 is 0.944 bits per heavy atom. The molecule has 0 saturated heterocycles. The number of aromatic nitrogens is 5. The SMILES string of the molecule is C=C(Nc1cncc(-c2ccc3[nH]nc(-c4cc5c(-c6cccs6)cncc5[nH]4)c3c2)c1)C1CCC1. The van der Waals surface area contributed by atoms with E-state index in [9.17, 15) is 0 Å². The molecule has 1 aliphatic carbocycles. The predicted octanol–water partition coefficient (Wildman–Crippen LogP) is 7.62. The van der Waals surface area contributed by atoms with Crippen LogP contribution in [0.4, 0.5) is 5.69 Å². The number of hydrogen-bond donors (Lipinski definition) is 3. The number of fused-ring (bicyclic) bond motifs is 2. The highest BCUT2D eigenvalue weighted by atomic mass is 32.1. The Labute approximate surface area is 212 Å². The summed E-state index contributed by atoms with van der Waals surface area (Å²) in [5, 5.41) is 15.6. The maximum atomic E-state index is 4.67. The molecule has 0 radical (unpaired) electrons. The van der Waals surface area contributed by atoms with E-state index < -0.39 is 0 Å². The van der Waals surface area contributed by atoms with Crippen molar-refractivity contribution in [1.29, 1.82) is 0 Å². The number of hydrogen-bond acceptors (Lipinski definition) is 5. The fourth-order valence-electron chi connectivity index (χ4n) is 4.92. The molecule has 6 aromatic rings. The van der Waals surface area contributed by atoms with Gasteiger partial charge in [-0.1, -0.05) is 25.1 Å². The van der Waals surface area contributed by atoms with Crippen molar-refractivity contribution in [2.45, 2.75) is 19.3 Å². The van der Waals surface area contributed by atoms with E-state index in [0.717, 1.165) is 61.3 Å². The van der Waals surface area contributed by atoms with Crippen molar-refractivity contribution in [2.24, 2.45) is 5.92 Å². The number of pyridine rings is 2. The van der Waals surface area contributed by atoms with Crippen molar-refractivity contribution >= 4 is 38.8 Å². The molecule has 0 amide bonds. The summed E-state index contributed by atoms with van der Waals surface area (Å²) < 4.78 is 0. The number of benzene rings is 1. The maximum absolute atomic E-state index is 4.67. The van der Waals surface area contributed by atoms with Crippen molar-refractivity contribution in [3.63, 3.8) is 0 Å². The summed E-state index contributed by atoms with van der Waals surface area (Å²) >= 11 is 1.72. The molecule has 1 aliphatic rings. The fourth-order valence-corrected chi connectivity index (χ4v) is 5.67. The van der Waals surface area contributed by atoms with Gasteiger partial charge >= 0.3 is 0 Å². The van der Waals surface area contributed by atoms with Crippen molar-refractivity contribution in [2.75, 3.05) is 5.32 Å². The minimum Gasteiger partial charge on any atom is -0.358 e. The topological polar surface area (TPSA) is 82.3 Å². The number of rotatable bonds is 6. The van der Waals surface area contributed by atoms with Gasteiger partial charge in [-0.2, -0.15) is 5.10 Å². The lowest BCUT2D eigenvalue weighted by molar-refractivity contribution is 0.371. The van der Waals surface area contributed by atoms with E-state index in [1.54, 1.807) is 11.3 Å². The van der Waals surface area contributed by atoms with Crippen molar-refractivity contribution in [3.8, 4) is 33.0 Å². The number of nitrogens with zero attached hydrogens (tertiary/aromatic N) is 3. The Morgan fingerprint density at radius 2 is 1.86 bits per heavy atom. The van der Waals surface area contributed by atoms with Crippen LogP contribution in [0.1, 0.15) is 19.3 Å². The molecule has 7 heteroatoms. The number of allylic oxidation sites excluding steroid dienone is 1.